The van der Waals surface area contributed by atoms with E-state index < -0.39 is 23.4 Å². The molecular weight excluding hydrogens is 326 g/mol. The molecule has 23 heavy (non-hydrogen) atoms. The Morgan fingerprint density at radius 2 is 1.57 bits per heavy atom. The molecule has 120 valence electrons. The lowest BCUT2D eigenvalue weighted by atomic mass is 10.1. The van der Waals surface area contributed by atoms with Gasteiger partial charge in [0.1, 0.15) is 0 Å². The smallest absolute Gasteiger partial charge is 0.267 e. The number of carbonyl (C=O) groups excluding carboxylic acids is 2. The van der Waals surface area contributed by atoms with E-state index >= 15 is 0 Å². The Morgan fingerprint density at radius 1 is 1.00 bits per heavy atom. The molecule has 0 saturated heterocycles. The Bertz CT molecular complexity index is 748. The van der Waals surface area contributed by atoms with Crippen molar-refractivity contribution >= 4 is 23.4 Å². The normalized spacial score (nSPS) is 10.3. The van der Waals surface area contributed by atoms with Gasteiger partial charge in [-0.1, -0.05) is 30.7 Å². The first-order chi connectivity index (χ1) is 10.9. The van der Waals surface area contributed by atoms with Gasteiger partial charge in [-0.05, 0) is 36.2 Å². The second-order valence-corrected chi connectivity index (χ2v) is 5.11. The molecule has 0 saturated carbocycles. The molecule has 0 spiro atoms. The summed E-state index contributed by atoms with van der Waals surface area (Å²) in [5.74, 6) is -3.76. The van der Waals surface area contributed by atoms with Gasteiger partial charge in [-0.15, -0.1) is 0 Å². The van der Waals surface area contributed by atoms with Crippen molar-refractivity contribution in [2.45, 2.75) is 13.3 Å². The lowest BCUT2D eigenvalue weighted by molar-refractivity contribution is 0.0846. The summed E-state index contributed by atoms with van der Waals surface area (Å²) in [6, 6.07) is 8.17. The fraction of sp³-hybridized carbons (Fsp3) is 0.125. The molecule has 2 amide bonds. The molecule has 0 unspecified atom stereocenters. The van der Waals surface area contributed by atoms with Crippen LogP contribution in [0.1, 0.15) is 33.2 Å². The molecule has 4 nitrogen and oxygen atoms in total. The molecule has 2 aromatic rings. The van der Waals surface area contributed by atoms with Crippen LogP contribution in [0, 0.1) is 11.6 Å². The number of halogens is 3. The topological polar surface area (TPSA) is 58.2 Å². The van der Waals surface area contributed by atoms with E-state index in [4.69, 9.17) is 11.6 Å². The fourth-order valence-corrected chi connectivity index (χ4v) is 2.08. The largest absolute Gasteiger partial charge is 0.271 e. The van der Waals surface area contributed by atoms with E-state index in [9.17, 15) is 18.4 Å². The van der Waals surface area contributed by atoms with Crippen LogP contribution in [0.2, 0.25) is 5.02 Å². The molecule has 7 heteroatoms. The van der Waals surface area contributed by atoms with E-state index in [0.29, 0.717) is 17.7 Å². The molecule has 0 aromatic heterocycles. The number of amides is 2. The maximum absolute atomic E-state index is 13.2. The van der Waals surface area contributed by atoms with Crippen molar-refractivity contribution in [3.63, 3.8) is 0 Å². The van der Waals surface area contributed by atoms with E-state index in [0.717, 1.165) is 12.0 Å². The molecule has 0 aliphatic heterocycles. The number of benzene rings is 2. The number of rotatable bonds is 3. The monoisotopic (exact) mass is 338 g/mol. The van der Waals surface area contributed by atoms with E-state index in [2.05, 4.69) is 10.9 Å². The van der Waals surface area contributed by atoms with Crippen molar-refractivity contribution in [3.8, 4) is 0 Å². The van der Waals surface area contributed by atoms with Crippen LogP contribution in [0.5, 0.6) is 0 Å². The standard InChI is InChI=1S/C16H13ClF2N2O2/c1-2-9-3-5-10(6-4-9)15(22)20-21-16(23)11-7-13(18)14(19)8-12(11)17/h3-8H,2H2,1H3,(H,20,22)(H,21,23). The Labute approximate surface area is 136 Å². The van der Waals surface area contributed by atoms with E-state index in [1.165, 1.54) is 0 Å². The van der Waals surface area contributed by atoms with Crippen LogP contribution >= 0.6 is 11.6 Å². The SMILES string of the molecule is CCc1ccc(C(=O)NNC(=O)c2cc(F)c(F)cc2Cl)cc1. The Balaban J connectivity index is 2.03. The number of hydrogen-bond acceptors (Lipinski definition) is 2. The minimum Gasteiger partial charge on any atom is -0.267 e. The van der Waals surface area contributed by atoms with Gasteiger partial charge in [0.15, 0.2) is 11.6 Å². The van der Waals surface area contributed by atoms with Gasteiger partial charge < -0.3 is 0 Å². The summed E-state index contributed by atoms with van der Waals surface area (Å²) < 4.78 is 26.1. The number of hydrazine groups is 1. The number of aryl methyl sites for hydroxylation is 1. The lowest BCUT2D eigenvalue weighted by Gasteiger charge is -2.09. The zero-order valence-corrected chi connectivity index (χ0v) is 12.9. The third-order valence-corrected chi connectivity index (χ3v) is 3.48. The quantitative estimate of drug-likeness (QED) is 0.666. The molecule has 0 aliphatic rings. The van der Waals surface area contributed by atoms with Crippen LogP contribution in [-0.4, -0.2) is 11.8 Å². The Hall–Kier alpha value is -2.47. The van der Waals surface area contributed by atoms with Crippen LogP contribution in [0.3, 0.4) is 0 Å². The predicted octanol–water partition coefficient (Wildman–Crippen LogP) is 3.26. The van der Waals surface area contributed by atoms with E-state index in [-0.39, 0.29) is 10.6 Å². The molecule has 2 rings (SSSR count). The highest BCUT2D eigenvalue weighted by Gasteiger charge is 2.16. The predicted molar refractivity (Wildman–Crippen MR) is 82.1 cm³/mol. The zero-order valence-electron chi connectivity index (χ0n) is 12.1. The maximum Gasteiger partial charge on any atom is 0.271 e. The van der Waals surface area contributed by atoms with Crippen LogP contribution in [0.25, 0.3) is 0 Å². The van der Waals surface area contributed by atoms with Gasteiger partial charge in [-0.2, -0.15) is 0 Å². The van der Waals surface area contributed by atoms with Gasteiger partial charge >= 0.3 is 0 Å². The molecule has 0 aliphatic carbocycles. The number of nitrogens with one attached hydrogen (secondary N) is 2. The van der Waals surface area contributed by atoms with Crippen molar-refractivity contribution < 1.29 is 18.4 Å². The summed E-state index contributed by atoms with van der Waals surface area (Å²) in [5, 5.41) is -0.261. The molecule has 2 aromatic carbocycles. The highest BCUT2D eigenvalue weighted by Crippen LogP contribution is 2.19. The van der Waals surface area contributed by atoms with Crippen LogP contribution in [0.4, 0.5) is 8.78 Å². The summed E-state index contributed by atoms with van der Waals surface area (Å²) in [7, 11) is 0. The van der Waals surface area contributed by atoms with Gasteiger partial charge in [0.25, 0.3) is 11.8 Å². The van der Waals surface area contributed by atoms with Gasteiger partial charge in [0.05, 0.1) is 10.6 Å². The third kappa shape index (κ3) is 4.04. The molecule has 0 radical (unpaired) electrons. The van der Waals surface area contributed by atoms with Crippen molar-refractivity contribution in [2.24, 2.45) is 0 Å². The third-order valence-electron chi connectivity index (χ3n) is 3.17. The number of hydrogen-bond donors (Lipinski definition) is 2. The van der Waals surface area contributed by atoms with Gasteiger partial charge in [-0.25, -0.2) is 8.78 Å². The van der Waals surface area contributed by atoms with E-state index in [1.807, 2.05) is 6.92 Å². The first-order valence-corrected chi connectivity index (χ1v) is 7.14. The lowest BCUT2D eigenvalue weighted by Crippen LogP contribution is -2.41. The van der Waals surface area contributed by atoms with Crippen LogP contribution < -0.4 is 10.9 Å². The van der Waals surface area contributed by atoms with Crippen molar-refractivity contribution in [1.82, 2.24) is 10.9 Å². The summed E-state index contributed by atoms with van der Waals surface area (Å²) in [4.78, 5) is 23.8. The average molecular weight is 339 g/mol. The van der Waals surface area contributed by atoms with Crippen molar-refractivity contribution in [2.75, 3.05) is 0 Å². The minimum atomic E-state index is -1.21. The molecule has 2 N–H and O–H groups in total. The minimum absolute atomic E-state index is 0.261. The molecule has 0 bridgehead atoms. The molecule has 0 fully saturated rings. The van der Waals surface area contributed by atoms with Crippen molar-refractivity contribution in [1.29, 1.82) is 0 Å². The van der Waals surface area contributed by atoms with Crippen LogP contribution in [-0.2, 0) is 6.42 Å². The summed E-state index contributed by atoms with van der Waals surface area (Å²) in [6.07, 6.45) is 0.841. The second-order valence-electron chi connectivity index (χ2n) is 4.70. The van der Waals surface area contributed by atoms with Crippen LogP contribution in [0.15, 0.2) is 36.4 Å². The first kappa shape index (κ1) is 16.9. The molecular formula is C16H13ClF2N2O2. The fourth-order valence-electron chi connectivity index (χ4n) is 1.84. The average Bonchev–Trinajstić information content (AvgIpc) is 2.55. The summed E-state index contributed by atoms with van der Waals surface area (Å²) in [6.45, 7) is 1.99. The second kappa shape index (κ2) is 7.19. The molecule has 0 atom stereocenters. The number of carbonyl (C=O) groups is 2. The van der Waals surface area contributed by atoms with E-state index in [1.54, 1.807) is 24.3 Å². The van der Waals surface area contributed by atoms with Gasteiger partial charge in [-0.3, -0.25) is 20.4 Å². The highest BCUT2D eigenvalue weighted by molar-refractivity contribution is 6.33. The summed E-state index contributed by atoms with van der Waals surface area (Å²) in [5.41, 5.74) is 5.41. The summed E-state index contributed by atoms with van der Waals surface area (Å²) >= 11 is 5.68. The maximum atomic E-state index is 13.2. The highest BCUT2D eigenvalue weighted by atomic mass is 35.5. The molecule has 0 heterocycles. The Morgan fingerprint density at radius 3 is 2.17 bits per heavy atom. The Kier molecular flexibility index (Phi) is 5.28. The van der Waals surface area contributed by atoms with Gasteiger partial charge in [0.2, 0.25) is 0 Å². The zero-order chi connectivity index (χ0) is 17.0. The van der Waals surface area contributed by atoms with Crippen molar-refractivity contribution in [3.05, 3.63) is 69.7 Å². The van der Waals surface area contributed by atoms with Gasteiger partial charge in [0, 0.05) is 5.56 Å². The first-order valence-electron chi connectivity index (χ1n) is 6.76.